The number of aromatic nitrogens is 1. The van der Waals surface area contributed by atoms with Gasteiger partial charge in [0.2, 0.25) is 5.88 Å². The van der Waals surface area contributed by atoms with Crippen LogP contribution >= 0.6 is 0 Å². The Bertz CT molecular complexity index is 1010. The summed E-state index contributed by atoms with van der Waals surface area (Å²) in [7, 11) is 0. The van der Waals surface area contributed by atoms with Gasteiger partial charge in [-0.15, -0.1) is 0 Å². The zero-order valence-electron chi connectivity index (χ0n) is 18.0. The minimum atomic E-state index is -4.56. The number of unbranched alkanes of at least 4 members (excludes halogenated alkanes) is 1. The topological polar surface area (TPSA) is 48.4 Å². The van der Waals surface area contributed by atoms with Crippen LogP contribution in [0.5, 0.6) is 5.88 Å². The van der Waals surface area contributed by atoms with Crippen molar-refractivity contribution in [1.82, 2.24) is 4.98 Å². The number of halogens is 4. The van der Waals surface area contributed by atoms with E-state index in [2.05, 4.69) is 4.98 Å². The van der Waals surface area contributed by atoms with Gasteiger partial charge in [-0.2, -0.15) is 13.2 Å². The smallest absolute Gasteiger partial charge is 0.417 e. The quantitative estimate of drug-likeness (QED) is 0.255. The first-order valence-electron chi connectivity index (χ1n) is 10.6. The van der Waals surface area contributed by atoms with Gasteiger partial charge in [0.25, 0.3) is 0 Å². The van der Waals surface area contributed by atoms with Crippen molar-refractivity contribution in [3.05, 3.63) is 58.5 Å². The van der Waals surface area contributed by atoms with Gasteiger partial charge in [0.05, 0.1) is 24.3 Å². The number of carbonyl (C=O) groups excluding carboxylic acids is 1. The molecule has 0 aliphatic heterocycles. The van der Waals surface area contributed by atoms with Gasteiger partial charge in [-0.05, 0) is 73.6 Å². The largest absolute Gasteiger partial charge is 0.477 e. The molecule has 2 aromatic rings. The Morgan fingerprint density at radius 2 is 1.84 bits per heavy atom. The third-order valence-corrected chi connectivity index (χ3v) is 5.22. The predicted octanol–water partition coefficient (Wildman–Crippen LogP) is 6.69. The molecule has 0 amide bonds. The number of rotatable bonds is 8. The summed E-state index contributed by atoms with van der Waals surface area (Å²) < 4.78 is 65.1. The molecule has 0 bridgehead atoms. The zero-order chi connectivity index (χ0) is 23.3. The highest BCUT2D eigenvalue weighted by atomic mass is 19.4. The number of allylic oxidation sites excluding steroid dienone is 2. The van der Waals surface area contributed by atoms with Gasteiger partial charge in [0.15, 0.2) is 0 Å². The van der Waals surface area contributed by atoms with E-state index in [1.54, 1.807) is 6.92 Å². The van der Waals surface area contributed by atoms with Gasteiger partial charge in [-0.1, -0.05) is 13.3 Å². The van der Waals surface area contributed by atoms with Crippen LogP contribution in [0.25, 0.3) is 11.1 Å². The second-order valence-corrected chi connectivity index (χ2v) is 7.54. The number of nitrogens with zero attached hydrogens (tertiary/aromatic N) is 1. The lowest BCUT2D eigenvalue weighted by molar-refractivity contribution is -0.137. The molecule has 0 fully saturated rings. The lowest BCUT2D eigenvalue weighted by atomic mass is 9.95. The van der Waals surface area contributed by atoms with Crippen LogP contribution in [-0.2, 0) is 10.9 Å². The van der Waals surface area contributed by atoms with Crippen LogP contribution in [0.1, 0.15) is 73.0 Å². The summed E-state index contributed by atoms with van der Waals surface area (Å²) in [5.74, 6) is -1.15. The first kappa shape index (κ1) is 23.8. The van der Waals surface area contributed by atoms with Crippen LogP contribution < -0.4 is 4.74 Å². The molecule has 1 aliphatic rings. The molecule has 8 heteroatoms. The standard InChI is InChI=1S/C24H25F4NO3/c1-3-5-9-32-22-21(13-17(14-29-22)24(26,27)28)20-8-6-7-19(20)15-10-16(12-18(25)11-15)23(30)31-4-2/h10-14H,3-9H2,1-2H3. The van der Waals surface area contributed by atoms with E-state index in [-0.39, 0.29) is 23.6 Å². The number of pyridine rings is 1. The fourth-order valence-electron chi connectivity index (χ4n) is 3.71. The maximum absolute atomic E-state index is 14.3. The Balaban J connectivity index is 2.12. The highest BCUT2D eigenvalue weighted by Gasteiger charge is 2.33. The average molecular weight is 451 g/mol. The predicted molar refractivity (Wildman–Crippen MR) is 113 cm³/mol. The fraction of sp³-hybridized carbons (Fsp3) is 0.417. The molecule has 4 nitrogen and oxygen atoms in total. The van der Waals surface area contributed by atoms with E-state index in [4.69, 9.17) is 9.47 Å². The monoisotopic (exact) mass is 451 g/mol. The minimum Gasteiger partial charge on any atom is -0.477 e. The molecule has 0 saturated carbocycles. The molecule has 172 valence electrons. The number of hydrogen-bond acceptors (Lipinski definition) is 4. The van der Waals surface area contributed by atoms with E-state index in [1.165, 1.54) is 12.1 Å². The van der Waals surface area contributed by atoms with E-state index >= 15 is 0 Å². The van der Waals surface area contributed by atoms with E-state index in [0.29, 0.717) is 42.6 Å². The van der Waals surface area contributed by atoms with E-state index in [0.717, 1.165) is 31.2 Å². The molecule has 3 rings (SSSR count). The lowest BCUT2D eigenvalue weighted by Gasteiger charge is -2.16. The number of ether oxygens (including phenoxy) is 2. The first-order chi connectivity index (χ1) is 15.2. The molecule has 0 N–H and O–H groups in total. The number of esters is 1. The Kier molecular flexibility index (Phi) is 7.53. The van der Waals surface area contributed by atoms with Crippen molar-refractivity contribution in [3.63, 3.8) is 0 Å². The molecule has 0 saturated heterocycles. The lowest BCUT2D eigenvalue weighted by Crippen LogP contribution is -2.09. The van der Waals surface area contributed by atoms with Crippen LogP contribution in [0.4, 0.5) is 17.6 Å². The normalized spacial score (nSPS) is 14.1. The Morgan fingerprint density at radius 3 is 2.53 bits per heavy atom. The summed E-state index contributed by atoms with van der Waals surface area (Å²) in [6.07, 6.45) is -0.482. The molecule has 1 aromatic heterocycles. The summed E-state index contributed by atoms with van der Waals surface area (Å²) in [6, 6.07) is 4.92. The SMILES string of the molecule is CCCCOc1ncc(C(F)(F)F)cc1C1=C(c2cc(F)cc(C(=O)OCC)c2)CCC1. The van der Waals surface area contributed by atoms with E-state index in [9.17, 15) is 22.4 Å². The molecule has 32 heavy (non-hydrogen) atoms. The Morgan fingerprint density at radius 1 is 1.09 bits per heavy atom. The highest BCUT2D eigenvalue weighted by Crippen LogP contribution is 2.44. The molecular formula is C24H25F4NO3. The van der Waals surface area contributed by atoms with Gasteiger partial charge in [-0.25, -0.2) is 14.2 Å². The van der Waals surface area contributed by atoms with Crippen molar-refractivity contribution in [3.8, 4) is 5.88 Å². The maximum Gasteiger partial charge on any atom is 0.417 e. The van der Waals surface area contributed by atoms with Crippen molar-refractivity contribution < 1.29 is 31.8 Å². The van der Waals surface area contributed by atoms with Crippen LogP contribution in [0.15, 0.2) is 30.5 Å². The van der Waals surface area contributed by atoms with E-state index < -0.39 is 23.5 Å². The van der Waals surface area contributed by atoms with Gasteiger partial charge >= 0.3 is 12.1 Å². The van der Waals surface area contributed by atoms with Gasteiger partial charge in [0.1, 0.15) is 5.82 Å². The summed E-state index contributed by atoms with van der Waals surface area (Å²) in [5, 5.41) is 0. The minimum absolute atomic E-state index is 0.0576. The zero-order valence-corrected chi connectivity index (χ0v) is 18.0. The number of hydrogen-bond donors (Lipinski definition) is 0. The number of benzene rings is 1. The van der Waals surface area contributed by atoms with Crippen molar-refractivity contribution in [1.29, 1.82) is 0 Å². The summed E-state index contributed by atoms with van der Waals surface area (Å²) in [6.45, 7) is 4.11. The van der Waals surface area contributed by atoms with Crippen molar-refractivity contribution in [2.45, 2.75) is 52.1 Å². The number of alkyl halides is 3. The fourth-order valence-corrected chi connectivity index (χ4v) is 3.71. The summed E-state index contributed by atoms with van der Waals surface area (Å²) in [5.41, 5.74) is 1.18. The number of carbonyl (C=O) groups is 1. The molecular weight excluding hydrogens is 426 g/mol. The average Bonchev–Trinajstić information content (AvgIpc) is 3.23. The van der Waals surface area contributed by atoms with Gasteiger partial charge in [-0.3, -0.25) is 0 Å². The van der Waals surface area contributed by atoms with Gasteiger partial charge in [0, 0.05) is 11.8 Å². The van der Waals surface area contributed by atoms with Crippen LogP contribution in [0.3, 0.4) is 0 Å². The molecule has 0 spiro atoms. The van der Waals surface area contributed by atoms with Crippen molar-refractivity contribution in [2.75, 3.05) is 13.2 Å². The Hall–Kier alpha value is -2.90. The maximum atomic E-state index is 14.3. The first-order valence-corrected chi connectivity index (χ1v) is 10.6. The molecule has 0 atom stereocenters. The Labute approximate surface area is 184 Å². The third-order valence-electron chi connectivity index (χ3n) is 5.22. The van der Waals surface area contributed by atoms with Crippen LogP contribution in [-0.4, -0.2) is 24.2 Å². The molecule has 0 unspecified atom stereocenters. The molecule has 0 radical (unpaired) electrons. The molecule has 1 aromatic carbocycles. The van der Waals surface area contributed by atoms with Crippen molar-refractivity contribution >= 4 is 17.1 Å². The van der Waals surface area contributed by atoms with Crippen LogP contribution in [0.2, 0.25) is 0 Å². The molecule has 1 heterocycles. The summed E-state index contributed by atoms with van der Waals surface area (Å²) in [4.78, 5) is 16.1. The van der Waals surface area contributed by atoms with Crippen LogP contribution in [0, 0.1) is 5.82 Å². The highest BCUT2D eigenvalue weighted by molar-refractivity contribution is 5.96. The second-order valence-electron chi connectivity index (χ2n) is 7.54. The van der Waals surface area contributed by atoms with E-state index in [1.807, 2.05) is 6.92 Å². The van der Waals surface area contributed by atoms with Gasteiger partial charge < -0.3 is 9.47 Å². The third kappa shape index (κ3) is 5.47. The summed E-state index contributed by atoms with van der Waals surface area (Å²) >= 11 is 0. The van der Waals surface area contributed by atoms with Crippen molar-refractivity contribution in [2.24, 2.45) is 0 Å². The molecule has 1 aliphatic carbocycles. The second kappa shape index (κ2) is 10.1.